The van der Waals surface area contributed by atoms with Crippen molar-refractivity contribution in [1.82, 2.24) is 19.3 Å². The number of anilines is 1. The molecule has 4 aromatic rings. The predicted octanol–water partition coefficient (Wildman–Crippen LogP) is 2.98. The number of aliphatic carboxylic acids is 1. The number of carbonyl (C=O) groups is 2. The molecule has 0 radical (unpaired) electrons. The number of aromatic nitrogens is 3. The first-order chi connectivity index (χ1) is 19.2. The summed E-state index contributed by atoms with van der Waals surface area (Å²) in [4.78, 5) is 45.0. The van der Waals surface area contributed by atoms with Crippen molar-refractivity contribution in [2.24, 2.45) is 0 Å². The van der Waals surface area contributed by atoms with Gasteiger partial charge < -0.3 is 20.4 Å². The lowest BCUT2D eigenvalue weighted by atomic mass is 10.0. The minimum Gasteiger partial charge on any atom is -0.480 e. The lowest BCUT2D eigenvalue weighted by molar-refractivity contribution is -0.142. The van der Waals surface area contributed by atoms with Gasteiger partial charge in [0.2, 0.25) is 11.7 Å². The van der Waals surface area contributed by atoms with Crippen LogP contribution in [0.5, 0.6) is 0 Å². The highest BCUT2D eigenvalue weighted by Gasteiger charge is 2.39. The van der Waals surface area contributed by atoms with E-state index in [0.29, 0.717) is 35.3 Å². The smallest absolute Gasteiger partial charge is 0.326 e. The number of aliphatic hydroxyl groups excluding tert-OH is 1. The monoisotopic (exact) mass is 563 g/mol. The molecular formula is C29H30ClN5O5. The Morgan fingerprint density at radius 3 is 2.55 bits per heavy atom. The quantitative estimate of drug-likeness (QED) is 0.285. The van der Waals surface area contributed by atoms with Crippen LogP contribution in [0.1, 0.15) is 25.3 Å². The summed E-state index contributed by atoms with van der Waals surface area (Å²) in [5.41, 5.74) is 2.01. The molecule has 0 saturated carbocycles. The Morgan fingerprint density at radius 1 is 1.15 bits per heavy atom. The van der Waals surface area contributed by atoms with Gasteiger partial charge in [0.1, 0.15) is 17.9 Å². The molecule has 0 unspecified atom stereocenters. The number of amides is 1. The number of carboxylic acids is 1. The lowest BCUT2D eigenvalue weighted by Gasteiger charge is -2.29. The van der Waals surface area contributed by atoms with Crippen LogP contribution in [0.25, 0.3) is 17.0 Å². The van der Waals surface area contributed by atoms with E-state index in [9.17, 15) is 24.6 Å². The first-order valence-corrected chi connectivity index (χ1v) is 13.5. The van der Waals surface area contributed by atoms with E-state index in [1.54, 1.807) is 23.2 Å². The van der Waals surface area contributed by atoms with Crippen molar-refractivity contribution >= 4 is 35.1 Å². The van der Waals surface area contributed by atoms with E-state index in [1.807, 2.05) is 54.0 Å². The summed E-state index contributed by atoms with van der Waals surface area (Å²) in [7, 11) is 0. The van der Waals surface area contributed by atoms with Gasteiger partial charge in [-0.05, 0) is 37.5 Å². The Hall–Kier alpha value is -4.15. The standard InChI is InChI=1S/C29H30ClN5O5/c1-2-33-25(15-26(37)35-17-23(32-29(33)35)19-9-11-20(30)12-10-19)34-16-21(36)14-24(34)27(38)31-22(28(39)40)13-8-18-6-4-3-5-7-18/h3-7,9-12,15,17,21-22,24,36H,2,8,13-14,16H2,1H3,(H,31,38)(H,39,40)/t21-,22+,24+/m1/s1. The molecule has 1 aliphatic rings. The zero-order chi connectivity index (χ0) is 28.4. The third-order valence-electron chi connectivity index (χ3n) is 7.21. The van der Waals surface area contributed by atoms with Gasteiger partial charge >= 0.3 is 5.97 Å². The van der Waals surface area contributed by atoms with Gasteiger partial charge in [0.05, 0.1) is 11.8 Å². The number of carboxylic acid groups (broad SMARTS) is 1. The van der Waals surface area contributed by atoms with E-state index in [0.717, 1.165) is 11.1 Å². The highest BCUT2D eigenvalue weighted by molar-refractivity contribution is 6.30. The fourth-order valence-corrected chi connectivity index (χ4v) is 5.31. The zero-order valence-corrected chi connectivity index (χ0v) is 22.7. The Labute approximate surface area is 235 Å². The largest absolute Gasteiger partial charge is 0.480 e. The first-order valence-electron chi connectivity index (χ1n) is 13.2. The van der Waals surface area contributed by atoms with Gasteiger partial charge in [-0.25, -0.2) is 9.78 Å². The molecular weight excluding hydrogens is 534 g/mol. The Balaban J connectivity index is 1.44. The molecule has 5 rings (SSSR count). The second-order valence-electron chi connectivity index (χ2n) is 9.87. The van der Waals surface area contributed by atoms with Gasteiger partial charge in [-0.15, -0.1) is 0 Å². The van der Waals surface area contributed by atoms with E-state index >= 15 is 0 Å². The van der Waals surface area contributed by atoms with Crippen LogP contribution in [0.15, 0.2) is 71.7 Å². The van der Waals surface area contributed by atoms with E-state index in [2.05, 4.69) is 5.32 Å². The van der Waals surface area contributed by atoms with Crippen molar-refractivity contribution in [3.8, 4) is 11.3 Å². The van der Waals surface area contributed by atoms with Gasteiger partial charge in [-0.2, -0.15) is 0 Å². The molecule has 2 aromatic heterocycles. The summed E-state index contributed by atoms with van der Waals surface area (Å²) < 4.78 is 3.26. The van der Waals surface area contributed by atoms with Crippen molar-refractivity contribution in [2.75, 3.05) is 11.4 Å². The summed E-state index contributed by atoms with van der Waals surface area (Å²) in [6.07, 6.45) is 1.63. The number of fused-ring (bicyclic) bond motifs is 1. The number of β-amino-alcohol motifs (C(OH)–C–C–N with tert-alkyl or cyclic N) is 1. The van der Waals surface area contributed by atoms with Crippen molar-refractivity contribution in [3.05, 3.63) is 87.8 Å². The number of nitrogens with zero attached hydrogens (tertiary/aromatic N) is 4. The number of aryl methyl sites for hydroxylation is 2. The van der Waals surface area contributed by atoms with E-state index < -0.39 is 30.1 Å². The average Bonchev–Trinajstić information content (AvgIpc) is 3.56. The number of nitrogens with one attached hydrogen (secondary N) is 1. The molecule has 3 atom stereocenters. The van der Waals surface area contributed by atoms with Gasteiger partial charge in [0.15, 0.2) is 0 Å². The highest BCUT2D eigenvalue weighted by Crippen LogP contribution is 2.28. The molecule has 2 aromatic carbocycles. The molecule has 40 heavy (non-hydrogen) atoms. The van der Waals surface area contributed by atoms with Crippen LogP contribution in [-0.4, -0.2) is 60.8 Å². The molecule has 208 valence electrons. The number of imidazole rings is 1. The zero-order valence-electron chi connectivity index (χ0n) is 21.9. The Bertz CT molecular complexity index is 1580. The fraction of sp³-hybridized carbons (Fsp3) is 0.310. The third kappa shape index (κ3) is 5.59. The van der Waals surface area contributed by atoms with Crippen LogP contribution in [0.2, 0.25) is 5.02 Å². The molecule has 3 heterocycles. The number of carbonyl (C=O) groups excluding carboxylic acids is 1. The summed E-state index contributed by atoms with van der Waals surface area (Å²) in [5.74, 6) is -0.826. The van der Waals surface area contributed by atoms with Crippen LogP contribution in [0.4, 0.5) is 5.82 Å². The summed E-state index contributed by atoms with van der Waals surface area (Å²) in [5, 5.41) is 23.6. The van der Waals surface area contributed by atoms with Crippen LogP contribution in [-0.2, 0) is 22.6 Å². The Kier molecular flexibility index (Phi) is 7.90. The van der Waals surface area contributed by atoms with Gasteiger partial charge in [-0.3, -0.25) is 18.6 Å². The second kappa shape index (κ2) is 11.5. The second-order valence-corrected chi connectivity index (χ2v) is 10.3. The molecule has 0 spiro atoms. The molecule has 1 amide bonds. The van der Waals surface area contributed by atoms with E-state index in [-0.39, 0.29) is 24.9 Å². The van der Waals surface area contributed by atoms with Gasteiger partial charge in [0, 0.05) is 42.4 Å². The SMILES string of the molecule is CCn1c(N2C[C@H](O)C[C@H]2C(=O)N[C@@H](CCc2ccccc2)C(=O)O)cc(=O)n2cc(-c3ccc(Cl)cc3)nc12. The third-order valence-corrected chi connectivity index (χ3v) is 7.46. The maximum atomic E-state index is 13.4. The van der Waals surface area contributed by atoms with Crippen LogP contribution < -0.4 is 15.8 Å². The van der Waals surface area contributed by atoms with Gasteiger partial charge in [-0.1, -0.05) is 54.1 Å². The Morgan fingerprint density at radius 2 is 1.88 bits per heavy atom. The maximum Gasteiger partial charge on any atom is 0.326 e. The molecule has 1 saturated heterocycles. The first kappa shape index (κ1) is 27.4. The fourth-order valence-electron chi connectivity index (χ4n) is 5.18. The molecule has 0 aliphatic carbocycles. The molecule has 1 aliphatic heterocycles. The summed E-state index contributed by atoms with van der Waals surface area (Å²) >= 11 is 6.02. The van der Waals surface area contributed by atoms with Crippen LogP contribution in [0, 0.1) is 0 Å². The van der Waals surface area contributed by atoms with Crippen molar-refractivity contribution in [3.63, 3.8) is 0 Å². The minimum absolute atomic E-state index is 0.102. The van der Waals surface area contributed by atoms with E-state index in [1.165, 1.54) is 10.5 Å². The molecule has 10 nitrogen and oxygen atoms in total. The molecule has 0 bridgehead atoms. The van der Waals surface area contributed by atoms with Crippen LogP contribution >= 0.6 is 11.6 Å². The van der Waals surface area contributed by atoms with E-state index in [4.69, 9.17) is 16.6 Å². The normalized spacial score (nSPS) is 17.7. The predicted molar refractivity (Wildman–Crippen MR) is 152 cm³/mol. The van der Waals surface area contributed by atoms with Crippen molar-refractivity contribution in [1.29, 1.82) is 0 Å². The maximum absolute atomic E-state index is 13.4. The summed E-state index contributed by atoms with van der Waals surface area (Å²) in [6.45, 7) is 2.45. The number of benzene rings is 2. The van der Waals surface area contributed by atoms with Crippen molar-refractivity contribution < 1.29 is 19.8 Å². The lowest BCUT2D eigenvalue weighted by Crippen LogP contribution is -2.50. The number of aliphatic hydroxyl groups is 1. The summed E-state index contributed by atoms with van der Waals surface area (Å²) in [6, 6.07) is 16.0. The highest BCUT2D eigenvalue weighted by atomic mass is 35.5. The minimum atomic E-state index is -1.13. The van der Waals surface area contributed by atoms with Crippen molar-refractivity contribution in [2.45, 2.75) is 50.9 Å². The molecule has 3 N–H and O–H groups in total. The number of halogens is 1. The van der Waals surface area contributed by atoms with Crippen LogP contribution in [0.3, 0.4) is 0 Å². The number of hydrogen-bond donors (Lipinski definition) is 3. The molecule has 11 heteroatoms. The number of rotatable bonds is 9. The topological polar surface area (TPSA) is 129 Å². The van der Waals surface area contributed by atoms with Gasteiger partial charge in [0.25, 0.3) is 5.56 Å². The number of hydrogen-bond acceptors (Lipinski definition) is 6. The molecule has 1 fully saturated rings. The average molecular weight is 564 g/mol.